The molecule has 0 aromatic carbocycles. The molecule has 1 N–H and O–H groups in total. The monoisotopic (exact) mass is 272 g/mol. The SMILES string of the molecule is CC1CN(C(C)C(=O)N2CCOCC2)CC(CO)O1. The molecule has 2 heterocycles. The first-order valence-corrected chi connectivity index (χ1v) is 6.98. The van der Waals surface area contributed by atoms with Gasteiger partial charge in [0.2, 0.25) is 5.91 Å². The highest BCUT2D eigenvalue weighted by Crippen LogP contribution is 2.15. The Labute approximate surface area is 114 Å². The van der Waals surface area contributed by atoms with E-state index in [1.807, 2.05) is 18.7 Å². The Balaban J connectivity index is 1.93. The highest BCUT2D eigenvalue weighted by molar-refractivity contribution is 5.81. The molecule has 1 amide bonds. The van der Waals surface area contributed by atoms with Crippen LogP contribution in [0.2, 0.25) is 0 Å². The first-order chi connectivity index (χ1) is 9.11. The first-order valence-electron chi connectivity index (χ1n) is 6.98. The maximum absolute atomic E-state index is 12.4. The summed E-state index contributed by atoms with van der Waals surface area (Å²) in [5.74, 6) is 0.147. The summed E-state index contributed by atoms with van der Waals surface area (Å²) in [6.45, 7) is 7.84. The quantitative estimate of drug-likeness (QED) is 0.737. The third kappa shape index (κ3) is 3.66. The number of ether oxygens (including phenoxy) is 2. The topological polar surface area (TPSA) is 62.2 Å². The lowest BCUT2D eigenvalue weighted by Crippen LogP contribution is -2.57. The van der Waals surface area contributed by atoms with Gasteiger partial charge in [0, 0.05) is 26.2 Å². The molecule has 3 atom stereocenters. The summed E-state index contributed by atoms with van der Waals surface area (Å²) in [6.07, 6.45) is -0.144. The van der Waals surface area contributed by atoms with E-state index >= 15 is 0 Å². The van der Waals surface area contributed by atoms with Crippen molar-refractivity contribution in [3.63, 3.8) is 0 Å². The number of aliphatic hydroxyl groups excluding tert-OH is 1. The molecule has 0 saturated carbocycles. The maximum Gasteiger partial charge on any atom is 0.239 e. The highest BCUT2D eigenvalue weighted by atomic mass is 16.5. The average Bonchev–Trinajstić information content (AvgIpc) is 2.46. The number of nitrogens with zero attached hydrogens (tertiary/aromatic N) is 2. The van der Waals surface area contributed by atoms with Crippen LogP contribution in [-0.4, -0.2) is 85.1 Å². The third-order valence-electron chi connectivity index (χ3n) is 3.79. The van der Waals surface area contributed by atoms with Gasteiger partial charge in [-0.05, 0) is 13.8 Å². The van der Waals surface area contributed by atoms with E-state index < -0.39 is 0 Å². The zero-order chi connectivity index (χ0) is 13.8. The minimum absolute atomic E-state index is 0.000690. The number of amides is 1. The molecular formula is C13H24N2O4. The molecule has 0 spiro atoms. The summed E-state index contributed by atoms with van der Waals surface area (Å²) in [5, 5.41) is 9.23. The second-order valence-corrected chi connectivity index (χ2v) is 5.32. The van der Waals surface area contributed by atoms with Crippen molar-refractivity contribution in [1.82, 2.24) is 9.80 Å². The van der Waals surface area contributed by atoms with Crippen LogP contribution in [0.1, 0.15) is 13.8 Å². The molecule has 19 heavy (non-hydrogen) atoms. The van der Waals surface area contributed by atoms with Gasteiger partial charge in [-0.25, -0.2) is 0 Å². The normalized spacial score (nSPS) is 31.2. The van der Waals surface area contributed by atoms with Crippen molar-refractivity contribution >= 4 is 5.91 Å². The first kappa shape index (κ1) is 14.7. The maximum atomic E-state index is 12.4. The van der Waals surface area contributed by atoms with Crippen molar-refractivity contribution in [3.05, 3.63) is 0 Å². The summed E-state index contributed by atoms with van der Waals surface area (Å²) in [6, 6.07) is -0.168. The zero-order valence-electron chi connectivity index (χ0n) is 11.7. The summed E-state index contributed by atoms with van der Waals surface area (Å²) in [7, 11) is 0. The van der Waals surface area contributed by atoms with Crippen molar-refractivity contribution in [2.24, 2.45) is 0 Å². The molecule has 0 radical (unpaired) electrons. The van der Waals surface area contributed by atoms with E-state index in [-0.39, 0.29) is 30.8 Å². The fraction of sp³-hybridized carbons (Fsp3) is 0.923. The molecule has 2 saturated heterocycles. The largest absolute Gasteiger partial charge is 0.394 e. The van der Waals surface area contributed by atoms with Gasteiger partial charge in [-0.15, -0.1) is 0 Å². The van der Waals surface area contributed by atoms with E-state index in [1.54, 1.807) is 0 Å². The molecule has 3 unspecified atom stereocenters. The van der Waals surface area contributed by atoms with Gasteiger partial charge >= 0.3 is 0 Å². The molecule has 0 aliphatic carbocycles. The van der Waals surface area contributed by atoms with Crippen LogP contribution >= 0.6 is 0 Å². The van der Waals surface area contributed by atoms with Gasteiger partial charge in [0.25, 0.3) is 0 Å². The Morgan fingerprint density at radius 1 is 1.37 bits per heavy atom. The molecule has 0 aromatic rings. The summed E-state index contributed by atoms with van der Waals surface area (Å²) >= 11 is 0. The number of carbonyl (C=O) groups excluding carboxylic acids is 1. The van der Waals surface area contributed by atoms with Gasteiger partial charge in [-0.3, -0.25) is 9.69 Å². The van der Waals surface area contributed by atoms with Crippen LogP contribution in [0.15, 0.2) is 0 Å². The molecule has 6 heteroatoms. The minimum atomic E-state index is -0.191. The zero-order valence-corrected chi connectivity index (χ0v) is 11.7. The molecule has 0 bridgehead atoms. The van der Waals surface area contributed by atoms with Crippen LogP contribution in [-0.2, 0) is 14.3 Å². The van der Waals surface area contributed by atoms with Crippen molar-refractivity contribution in [1.29, 1.82) is 0 Å². The second kappa shape index (κ2) is 6.65. The van der Waals surface area contributed by atoms with Gasteiger partial charge < -0.3 is 19.5 Å². The van der Waals surface area contributed by atoms with E-state index in [1.165, 1.54) is 0 Å². The fourth-order valence-electron chi connectivity index (χ4n) is 2.70. The number of aliphatic hydroxyl groups is 1. The molecule has 110 valence electrons. The van der Waals surface area contributed by atoms with Crippen LogP contribution in [0.4, 0.5) is 0 Å². The second-order valence-electron chi connectivity index (χ2n) is 5.32. The molecule has 2 aliphatic rings. The fourth-order valence-corrected chi connectivity index (χ4v) is 2.70. The van der Waals surface area contributed by atoms with Crippen molar-refractivity contribution in [2.75, 3.05) is 46.0 Å². The van der Waals surface area contributed by atoms with Crippen molar-refractivity contribution in [3.8, 4) is 0 Å². The lowest BCUT2D eigenvalue weighted by atomic mass is 10.1. The van der Waals surface area contributed by atoms with Crippen molar-refractivity contribution in [2.45, 2.75) is 32.1 Å². The van der Waals surface area contributed by atoms with Gasteiger partial charge in [-0.1, -0.05) is 0 Å². The Morgan fingerprint density at radius 2 is 2.05 bits per heavy atom. The molecule has 2 fully saturated rings. The van der Waals surface area contributed by atoms with E-state index in [2.05, 4.69) is 4.90 Å². The molecule has 2 rings (SSSR count). The molecular weight excluding hydrogens is 248 g/mol. The number of morpholine rings is 2. The van der Waals surface area contributed by atoms with Gasteiger partial charge in [0.1, 0.15) is 0 Å². The minimum Gasteiger partial charge on any atom is -0.394 e. The van der Waals surface area contributed by atoms with E-state index in [0.29, 0.717) is 32.8 Å². The predicted molar refractivity (Wildman–Crippen MR) is 69.9 cm³/mol. The summed E-state index contributed by atoms with van der Waals surface area (Å²) < 4.78 is 10.9. The molecule has 6 nitrogen and oxygen atoms in total. The van der Waals surface area contributed by atoms with Crippen LogP contribution in [0.25, 0.3) is 0 Å². The van der Waals surface area contributed by atoms with E-state index in [0.717, 1.165) is 6.54 Å². The van der Waals surface area contributed by atoms with Crippen LogP contribution < -0.4 is 0 Å². The number of rotatable bonds is 3. The number of hydrogen-bond acceptors (Lipinski definition) is 5. The summed E-state index contributed by atoms with van der Waals surface area (Å²) in [5.41, 5.74) is 0. The third-order valence-corrected chi connectivity index (χ3v) is 3.79. The highest BCUT2D eigenvalue weighted by Gasteiger charge is 2.33. The van der Waals surface area contributed by atoms with Crippen LogP contribution in [0.5, 0.6) is 0 Å². The molecule has 2 aliphatic heterocycles. The van der Waals surface area contributed by atoms with E-state index in [9.17, 15) is 9.90 Å². The predicted octanol–water partition coefficient (Wildman–Crippen LogP) is -0.685. The van der Waals surface area contributed by atoms with Gasteiger partial charge in [0.05, 0.1) is 38.1 Å². The van der Waals surface area contributed by atoms with Crippen LogP contribution in [0.3, 0.4) is 0 Å². The van der Waals surface area contributed by atoms with Gasteiger partial charge in [-0.2, -0.15) is 0 Å². The Kier molecular flexibility index (Phi) is 5.15. The van der Waals surface area contributed by atoms with Crippen molar-refractivity contribution < 1.29 is 19.4 Å². The Hall–Kier alpha value is -0.690. The standard InChI is InChI=1S/C13H24N2O4/c1-10-7-15(8-12(9-16)19-10)11(2)13(17)14-3-5-18-6-4-14/h10-12,16H,3-9H2,1-2H3. The Morgan fingerprint density at radius 3 is 2.68 bits per heavy atom. The summed E-state index contributed by atoms with van der Waals surface area (Å²) in [4.78, 5) is 16.4. The van der Waals surface area contributed by atoms with Crippen LogP contribution in [0, 0.1) is 0 Å². The number of hydrogen-bond donors (Lipinski definition) is 1. The number of carbonyl (C=O) groups is 1. The van der Waals surface area contributed by atoms with E-state index in [4.69, 9.17) is 9.47 Å². The lowest BCUT2D eigenvalue weighted by molar-refractivity contribution is -0.148. The smallest absolute Gasteiger partial charge is 0.239 e. The van der Waals surface area contributed by atoms with Gasteiger partial charge in [0.15, 0.2) is 0 Å². The molecule has 0 aromatic heterocycles. The Bertz CT molecular complexity index is 307. The average molecular weight is 272 g/mol. The lowest BCUT2D eigenvalue weighted by Gasteiger charge is -2.40.